The summed E-state index contributed by atoms with van der Waals surface area (Å²) in [7, 11) is 3.28. The minimum Gasteiger partial charge on any atom is -0.490 e. The minimum atomic E-state index is -4.78. The fraction of sp³-hybridized carbons (Fsp3) is 0.381. The maximum Gasteiger partial charge on any atom is 0.573 e. The maximum absolute atomic E-state index is 12.6. The highest BCUT2D eigenvalue weighted by molar-refractivity contribution is 5.80. The summed E-state index contributed by atoms with van der Waals surface area (Å²) in [4.78, 5) is 13.5. The van der Waals surface area contributed by atoms with Crippen molar-refractivity contribution in [3.63, 3.8) is 0 Å². The van der Waals surface area contributed by atoms with Gasteiger partial charge in [0.15, 0.2) is 23.4 Å². The van der Waals surface area contributed by atoms with E-state index >= 15 is 0 Å². The van der Waals surface area contributed by atoms with Gasteiger partial charge >= 0.3 is 6.36 Å². The standard InChI is InChI=1S/C21H25F3N2O4/c1-5-28-19-12-15(10-11-18(19)29-14(2)20(27)26(3)4)13-25-16-8-6-7-9-17(16)30-21(22,23)24/h6-12,14,25H,5,13H2,1-4H3. The zero-order valence-corrected chi connectivity index (χ0v) is 17.2. The molecule has 0 fully saturated rings. The van der Waals surface area contributed by atoms with Crippen molar-refractivity contribution in [2.24, 2.45) is 0 Å². The van der Waals surface area contributed by atoms with Gasteiger partial charge in [0.1, 0.15) is 0 Å². The number of rotatable bonds is 9. The van der Waals surface area contributed by atoms with Gasteiger partial charge < -0.3 is 24.4 Å². The molecule has 2 aromatic carbocycles. The third-order valence-corrected chi connectivity index (χ3v) is 4.00. The van der Waals surface area contributed by atoms with E-state index in [0.717, 1.165) is 5.56 Å². The summed E-state index contributed by atoms with van der Waals surface area (Å²) in [6.07, 6.45) is -5.48. The van der Waals surface area contributed by atoms with Crippen molar-refractivity contribution >= 4 is 11.6 Å². The summed E-state index contributed by atoms with van der Waals surface area (Å²) < 4.78 is 53.1. The SMILES string of the molecule is CCOc1cc(CNc2ccccc2OC(F)(F)F)ccc1OC(C)C(=O)N(C)C. The van der Waals surface area contributed by atoms with E-state index in [9.17, 15) is 18.0 Å². The number of benzene rings is 2. The zero-order valence-electron chi connectivity index (χ0n) is 17.2. The Morgan fingerprint density at radius 2 is 1.80 bits per heavy atom. The lowest BCUT2D eigenvalue weighted by atomic mass is 10.2. The molecule has 1 N–H and O–H groups in total. The van der Waals surface area contributed by atoms with Gasteiger partial charge in [0.05, 0.1) is 12.3 Å². The molecular formula is C21H25F3N2O4. The number of amides is 1. The summed E-state index contributed by atoms with van der Waals surface area (Å²) >= 11 is 0. The Labute approximate surface area is 173 Å². The zero-order chi connectivity index (χ0) is 22.3. The van der Waals surface area contributed by atoms with Crippen LogP contribution in [0.1, 0.15) is 19.4 Å². The molecule has 164 valence electrons. The molecule has 0 aromatic heterocycles. The maximum atomic E-state index is 12.6. The van der Waals surface area contributed by atoms with Gasteiger partial charge in [-0.1, -0.05) is 18.2 Å². The normalized spacial score (nSPS) is 12.1. The molecule has 1 amide bonds. The van der Waals surface area contributed by atoms with E-state index < -0.39 is 12.5 Å². The number of para-hydroxylation sites is 2. The number of ether oxygens (including phenoxy) is 3. The van der Waals surface area contributed by atoms with Gasteiger partial charge in [-0.2, -0.15) is 0 Å². The average molecular weight is 426 g/mol. The number of halogens is 3. The van der Waals surface area contributed by atoms with E-state index in [-0.39, 0.29) is 23.9 Å². The van der Waals surface area contributed by atoms with E-state index in [2.05, 4.69) is 10.1 Å². The molecule has 2 aromatic rings. The summed E-state index contributed by atoms with van der Waals surface area (Å²) in [6.45, 7) is 4.06. The molecule has 0 bridgehead atoms. The molecule has 0 saturated carbocycles. The van der Waals surface area contributed by atoms with Crippen molar-refractivity contribution in [1.82, 2.24) is 4.90 Å². The number of hydrogen-bond donors (Lipinski definition) is 1. The van der Waals surface area contributed by atoms with Gasteiger partial charge in [-0.05, 0) is 43.7 Å². The fourth-order valence-corrected chi connectivity index (χ4v) is 2.66. The molecule has 0 aliphatic rings. The third kappa shape index (κ3) is 6.75. The van der Waals surface area contributed by atoms with Crippen LogP contribution in [-0.4, -0.2) is 44.0 Å². The van der Waals surface area contributed by atoms with E-state index in [1.165, 1.54) is 23.1 Å². The van der Waals surface area contributed by atoms with Crippen molar-refractivity contribution in [3.8, 4) is 17.2 Å². The van der Waals surface area contributed by atoms with Crippen LogP contribution in [-0.2, 0) is 11.3 Å². The van der Waals surface area contributed by atoms with Gasteiger partial charge in [0.2, 0.25) is 0 Å². The van der Waals surface area contributed by atoms with E-state index in [1.807, 2.05) is 6.92 Å². The molecule has 1 unspecified atom stereocenters. The second kappa shape index (κ2) is 10.1. The Kier molecular flexibility index (Phi) is 7.79. The minimum absolute atomic E-state index is 0.190. The quantitative estimate of drug-likeness (QED) is 0.642. The summed E-state index contributed by atoms with van der Waals surface area (Å²) in [6, 6.07) is 10.9. The van der Waals surface area contributed by atoms with Crippen LogP contribution in [0.15, 0.2) is 42.5 Å². The molecule has 9 heteroatoms. The molecule has 0 heterocycles. The number of carbonyl (C=O) groups excluding carboxylic acids is 1. The van der Waals surface area contributed by atoms with E-state index in [0.29, 0.717) is 18.1 Å². The number of alkyl halides is 3. The van der Waals surface area contributed by atoms with Crippen LogP contribution >= 0.6 is 0 Å². The van der Waals surface area contributed by atoms with Crippen LogP contribution in [0.4, 0.5) is 18.9 Å². The van der Waals surface area contributed by atoms with Gasteiger partial charge in [-0.15, -0.1) is 13.2 Å². The van der Waals surface area contributed by atoms with Gasteiger partial charge in [0, 0.05) is 20.6 Å². The molecule has 0 aliphatic heterocycles. The predicted octanol–water partition coefficient (Wildman–Crippen LogP) is 4.45. The molecule has 30 heavy (non-hydrogen) atoms. The smallest absolute Gasteiger partial charge is 0.490 e. The van der Waals surface area contributed by atoms with Crippen molar-refractivity contribution in [3.05, 3.63) is 48.0 Å². The molecule has 0 radical (unpaired) electrons. The first-order valence-corrected chi connectivity index (χ1v) is 9.33. The third-order valence-electron chi connectivity index (χ3n) is 4.00. The highest BCUT2D eigenvalue weighted by Crippen LogP contribution is 2.32. The molecule has 0 aliphatic carbocycles. The summed E-state index contributed by atoms with van der Waals surface area (Å²) in [5, 5.41) is 2.93. The Hall–Kier alpha value is -3.10. The number of carbonyl (C=O) groups is 1. The monoisotopic (exact) mass is 426 g/mol. The molecule has 6 nitrogen and oxygen atoms in total. The largest absolute Gasteiger partial charge is 0.573 e. The van der Waals surface area contributed by atoms with Gasteiger partial charge in [-0.3, -0.25) is 4.79 Å². The topological polar surface area (TPSA) is 60.0 Å². The summed E-state index contributed by atoms with van der Waals surface area (Å²) in [5.74, 6) is 0.342. The van der Waals surface area contributed by atoms with Crippen molar-refractivity contribution in [2.75, 3.05) is 26.0 Å². The van der Waals surface area contributed by atoms with Crippen molar-refractivity contribution in [1.29, 1.82) is 0 Å². The second-order valence-corrected chi connectivity index (χ2v) is 6.60. The van der Waals surface area contributed by atoms with Crippen LogP contribution in [0.5, 0.6) is 17.2 Å². The molecular weight excluding hydrogens is 401 g/mol. The molecule has 0 saturated heterocycles. The molecule has 1 atom stereocenters. The Bertz CT molecular complexity index is 856. The van der Waals surface area contributed by atoms with Gasteiger partial charge in [-0.25, -0.2) is 0 Å². The molecule has 0 spiro atoms. The summed E-state index contributed by atoms with van der Waals surface area (Å²) in [5.41, 5.74) is 0.956. The second-order valence-electron chi connectivity index (χ2n) is 6.60. The lowest BCUT2D eigenvalue weighted by Gasteiger charge is -2.20. The van der Waals surface area contributed by atoms with Crippen molar-refractivity contribution in [2.45, 2.75) is 32.9 Å². The Morgan fingerprint density at radius 1 is 1.10 bits per heavy atom. The van der Waals surface area contributed by atoms with E-state index in [4.69, 9.17) is 9.47 Å². The first kappa shape index (κ1) is 23.2. The Morgan fingerprint density at radius 3 is 2.43 bits per heavy atom. The highest BCUT2D eigenvalue weighted by Gasteiger charge is 2.32. The molecule has 2 rings (SSSR count). The highest BCUT2D eigenvalue weighted by atomic mass is 19.4. The number of likely N-dealkylation sites (N-methyl/N-ethyl adjacent to an activating group) is 1. The van der Waals surface area contributed by atoms with Gasteiger partial charge in [0.25, 0.3) is 5.91 Å². The first-order valence-electron chi connectivity index (χ1n) is 9.33. The van der Waals surface area contributed by atoms with Crippen LogP contribution < -0.4 is 19.5 Å². The van der Waals surface area contributed by atoms with Crippen LogP contribution in [0.25, 0.3) is 0 Å². The van der Waals surface area contributed by atoms with Crippen LogP contribution in [0.3, 0.4) is 0 Å². The van der Waals surface area contributed by atoms with Crippen LogP contribution in [0, 0.1) is 0 Å². The fourth-order valence-electron chi connectivity index (χ4n) is 2.66. The number of nitrogens with zero attached hydrogens (tertiary/aromatic N) is 1. The number of nitrogens with one attached hydrogen (secondary N) is 1. The Balaban J connectivity index is 2.15. The number of anilines is 1. The lowest BCUT2D eigenvalue weighted by Crippen LogP contribution is -2.35. The van der Waals surface area contributed by atoms with E-state index in [1.54, 1.807) is 45.3 Å². The lowest BCUT2D eigenvalue weighted by molar-refractivity contribution is -0.274. The predicted molar refractivity (Wildman–Crippen MR) is 107 cm³/mol. The first-order chi connectivity index (χ1) is 14.1. The number of hydrogen-bond acceptors (Lipinski definition) is 5. The van der Waals surface area contributed by atoms with Crippen LogP contribution in [0.2, 0.25) is 0 Å². The average Bonchev–Trinajstić information content (AvgIpc) is 2.67. The van der Waals surface area contributed by atoms with Crippen molar-refractivity contribution < 1.29 is 32.2 Å².